The first-order valence-corrected chi connectivity index (χ1v) is 10.2. The van der Waals surface area contributed by atoms with Gasteiger partial charge in [-0.3, -0.25) is 9.78 Å². The Morgan fingerprint density at radius 2 is 1.97 bits per heavy atom. The number of hydrogen-bond acceptors (Lipinski definition) is 7. The lowest BCUT2D eigenvalue weighted by molar-refractivity contribution is 0.0604. The van der Waals surface area contributed by atoms with E-state index in [1.54, 1.807) is 26.2 Å². The maximum absolute atomic E-state index is 13.5. The number of aryl methyl sites for hydroxylation is 2. The van der Waals surface area contributed by atoms with Crippen molar-refractivity contribution in [2.45, 2.75) is 39.2 Å². The highest BCUT2D eigenvalue weighted by Crippen LogP contribution is 2.37. The largest absolute Gasteiger partial charge is 0.361 e. The number of anilines is 1. The van der Waals surface area contributed by atoms with Gasteiger partial charge in [-0.25, -0.2) is 9.97 Å². The topological polar surface area (TPSA) is 88.3 Å². The highest BCUT2D eigenvalue weighted by atomic mass is 16.5. The number of aromatic nitrogens is 4. The Labute approximate surface area is 175 Å². The van der Waals surface area contributed by atoms with Gasteiger partial charge in [0.15, 0.2) is 0 Å². The molecule has 4 rings (SSSR count). The van der Waals surface area contributed by atoms with Gasteiger partial charge in [-0.2, -0.15) is 0 Å². The molecule has 1 aliphatic rings. The first-order chi connectivity index (χ1) is 14.5. The number of pyridine rings is 1. The Balaban J connectivity index is 1.82. The monoisotopic (exact) mass is 406 g/mol. The molecule has 0 N–H and O–H groups in total. The van der Waals surface area contributed by atoms with Crippen molar-refractivity contribution in [1.29, 1.82) is 0 Å². The number of likely N-dealkylation sites (tertiary alicyclic amines) is 1. The Morgan fingerprint density at radius 3 is 2.63 bits per heavy atom. The van der Waals surface area contributed by atoms with Crippen LogP contribution in [0.5, 0.6) is 0 Å². The van der Waals surface area contributed by atoms with Crippen LogP contribution in [0.3, 0.4) is 0 Å². The highest BCUT2D eigenvalue weighted by Gasteiger charge is 2.34. The molecule has 3 aromatic heterocycles. The van der Waals surface area contributed by atoms with Crippen molar-refractivity contribution in [3.8, 4) is 11.1 Å². The average Bonchev–Trinajstić information content (AvgIpc) is 3.11. The molecule has 1 fully saturated rings. The molecule has 1 aliphatic heterocycles. The second kappa shape index (κ2) is 8.22. The van der Waals surface area contributed by atoms with Crippen LogP contribution in [0.15, 0.2) is 35.2 Å². The molecule has 0 saturated carbocycles. The molecular formula is C22H26N6O2. The molecule has 0 bridgehead atoms. The zero-order chi connectivity index (χ0) is 21.3. The van der Waals surface area contributed by atoms with Crippen LogP contribution in [0.2, 0.25) is 0 Å². The van der Waals surface area contributed by atoms with E-state index >= 15 is 0 Å². The molecule has 1 amide bonds. The summed E-state index contributed by atoms with van der Waals surface area (Å²) in [6.45, 7) is 4.26. The number of piperidine rings is 1. The zero-order valence-corrected chi connectivity index (χ0v) is 17.8. The summed E-state index contributed by atoms with van der Waals surface area (Å²) in [5.74, 6) is 1.12. The predicted octanol–water partition coefficient (Wildman–Crippen LogP) is 3.58. The summed E-state index contributed by atoms with van der Waals surface area (Å²) in [7, 11) is 3.83. The molecule has 0 spiro atoms. The van der Waals surface area contributed by atoms with E-state index in [4.69, 9.17) is 9.51 Å². The van der Waals surface area contributed by atoms with Gasteiger partial charge >= 0.3 is 0 Å². The van der Waals surface area contributed by atoms with Crippen LogP contribution in [0.4, 0.5) is 5.95 Å². The summed E-state index contributed by atoms with van der Waals surface area (Å²) >= 11 is 0. The molecule has 156 valence electrons. The Hall–Kier alpha value is -3.29. The third kappa shape index (κ3) is 3.65. The smallest absolute Gasteiger partial charge is 0.259 e. The lowest BCUT2D eigenvalue weighted by Crippen LogP contribution is -2.39. The molecule has 30 heavy (non-hydrogen) atoms. The van der Waals surface area contributed by atoms with Gasteiger partial charge in [0.2, 0.25) is 5.95 Å². The molecule has 0 aromatic carbocycles. The van der Waals surface area contributed by atoms with Gasteiger partial charge < -0.3 is 14.3 Å². The molecule has 1 atom stereocenters. The molecule has 8 heteroatoms. The van der Waals surface area contributed by atoms with Gasteiger partial charge in [0.05, 0.1) is 17.4 Å². The number of carbonyl (C=O) groups excluding carboxylic acids is 1. The molecule has 0 aliphatic carbocycles. The SMILES string of the molecule is Cc1noc(C)c1C(=O)N1CCCC[C@@H]1c1nc(N(C)C)ncc1-c1ccncc1. The standard InChI is InChI=1S/C22H26N6O2/c1-14-19(15(2)30-26-14)21(29)28-12-6-5-7-18(28)20-17(16-8-10-23-11-9-16)13-24-22(25-20)27(3)4/h8-11,13,18H,5-7,12H2,1-4H3/t18-/m1/s1. The van der Waals surface area contributed by atoms with Crippen LogP contribution in [-0.4, -0.2) is 51.6 Å². The summed E-state index contributed by atoms with van der Waals surface area (Å²) in [5.41, 5.74) is 3.94. The van der Waals surface area contributed by atoms with Gasteiger partial charge in [-0.05, 0) is 50.8 Å². The van der Waals surface area contributed by atoms with Crippen molar-refractivity contribution >= 4 is 11.9 Å². The third-order valence-corrected chi connectivity index (χ3v) is 5.52. The van der Waals surface area contributed by atoms with E-state index in [-0.39, 0.29) is 11.9 Å². The Morgan fingerprint density at radius 1 is 1.20 bits per heavy atom. The quantitative estimate of drug-likeness (QED) is 0.654. The van der Waals surface area contributed by atoms with E-state index in [2.05, 4.69) is 15.1 Å². The van der Waals surface area contributed by atoms with Crippen molar-refractivity contribution in [1.82, 2.24) is 25.0 Å². The predicted molar refractivity (Wildman–Crippen MR) is 113 cm³/mol. The number of rotatable bonds is 4. The fraction of sp³-hybridized carbons (Fsp3) is 0.409. The first kappa shape index (κ1) is 20.0. The van der Waals surface area contributed by atoms with Gasteiger partial charge in [0.25, 0.3) is 5.91 Å². The minimum Gasteiger partial charge on any atom is -0.361 e. The van der Waals surface area contributed by atoms with Crippen LogP contribution < -0.4 is 4.90 Å². The van der Waals surface area contributed by atoms with Crippen LogP contribution in [0, 0.1) is 13.8 Å². The summed E-state index contributed by atoms with van der Waals surface area (Å²) in [5, 5.41) is 3.97. The van der Waals surface area contributed by atoms with Crippen molar-refractivity contribution in [2.24, 2.45) is 0 Å². The lowest BCUT2D eigenvalue weighted by Gasteiger charge is -2.36. The molecule has 3 aromatic rings. The fourth-order valence-corrected chi connectivity index (χ4v) is 4.00. The van der Waals surface area contributed by atoms with Crippen LogP contribution in [0.1, 0.15) is 52.8 Å². The third-order valence-electron chi connectivity index (χ3n) is 5.52. The van der Waals surface area contributed by atoms with Gasteiger partial charge in [0.1, 0.15) is 11.3 Å². The summed E-state index contributed by atoms with van der Waals surface area (Å²) in [6.07, 6.45) is 8.20. The van der Waals surface area contributed by atoms with E-state index in [1.165, 1.54) is 0 Å². The van der Waals surface area contributed by atoms with Crippen LogP contribution in [-0.2, 0) is 0 Å². The number of hydrogen-bond donors (Lipinski definition) is 0. The number of amides is 1. The second-order valence-corrected chi connectivity index (χ2v) is 7.81. The van der Waals surface area contributed by atoms with E-state index in [1.807, 2.05) is 42.2 Å². The summed E-state index contributed by atoms with van der Waals surface area (Å²) in [6, 6.07) is 3.74. The summed E-state index contributed by atoms with van der Waals surface area (Å²) < 4.78 is 5.26. The fourth-order valence-electron chi connectivity index (χ4n) is 4.00. The Kier molecular flexibility index (Phi) is 5.48. The minimum atomic E-state index is -0.148. The molecule has 1 saturated heterocycles. The lowest BCUT2D eigenvalue weighted by atomic mass is 9.93. The first-order valence-electron chi connectivity index (χ1n) is 10.2. The molecule has 4 heterocycles. The van der Waals surface area contributed by atoms with Crippen LogP contribution in [0.25, 0.3) is 11.1 Å². The van der Waals surface area contributed by atoms with Crippen LogP contribution >= 0.6 is 0 Å². The maximum atomic E-state index is 13.5. The van der Waals surface area contributed by atoms with Crippen molar-refractivity contribution in [3.63, 3.8) is 0 Å². The Bertz CT molecular complexity index is 1030. The number of nitrogens with zero attached hydrogens (tertiary/aromatic N) is 6. The van der Waals surface area contributed by atoms with Crippen molar-refractivity contribution in [3.05, 3.63) is 53.4 Å². The molecule has 8 nitrogen and oxygen atoms in total. The minimum absolute atomic E-state index is 0.0540. The molecule has 0 unspecified atom stereocenters. The maximum Gasteiger partial charge on any atom is 0.259 e. The van der Waals surface area contributed by atoms with Crippen molar-refractivity contribution < 1.29 is 9.32 Å². The van der Waals surface area contributed by atoms with Gasteiger partial charge in [-0.1, -0.05) is 5.16 Å². The number of carbonyl (C=O) groups is 1. The normalized spacial score (nSPS) is 16.5. The second-order valence-electron chi connectivity index (χ2n) is 7.81. The molecule has 0 radical (unpaired) electrons. The summed E-state index contributed by atoms with van der Waals surface area (Å²) in [4.78, 5) is 30.9. The molecular weight excluding hydrogens is 380 g/mol. The zero-order valence-electron chi connectivity index (χ0n) is 17.8. The highest BCUT2D eigenvalue weighted by molar-refractivity contribution is 5.96. The van der Waals surface area contributed by atoms with E-state index in [0.29, 0.717) is 29.5 Å². The van der Waals surface area contributed by atoms with E-state index in [0.717, 1.165) is 36.1 Å². The van der Waals surface area contributed by atoms with E-state index in [9.17, 15) is 4.79 Å². The average molecular weight is 406 g/mol. The van der Waals surface area contributed by atoms with Gasteiger partial charge in [-0.15, -0.1) is 0 Å². The van der Waals surface area contributed by atoms with Gasteiger partial charge in [0, 0.05) is 44.8 Å². The van der Waals surface area contributed by atoms with Crippen molar-refractivity contribution in [2.75, 3.05) is 25.5 Å². The van der Waals surface area contributed by atoms with E-state index < -0.39 is 0 Å².